The molecule has 0 radical (unpaired) electrons. The van der Waals surface area contributed by atoms with Crippen LogP contribution in [0, 0.1) is 12.7 Å². The summed E-state index contributed by atoms with van der Waals surface area (Å²) in [4.78, 5) is 15.2. The van der Waals surface area contributed by atoms with Crippen LogP contribution in [0.4, 0.5) is 10.1 Å². The Hall–Kier alpha value is -2.00. The predicted octanol–water partition coefficient (Wildman–Crippen LogP) is 2.18. The van der Waals surface area contributed by atoms with Crippen LogP contribution in [0.25, 0.3) is 0 Å². The lowest BCUT2D eigenvalue weighted by atomic mass is 10.2. The van der Waals surface area contributed by atoms with Gasteiger partial charge in [0, 0.05) is 0 Å². The van der Waals surface area contributed by atoms with Gasteiger partial charge in [-0.25, -0.2) is 22.6 Å². The second-order valence-electron chi connectivity index (χ2n) is 4.04. The second kappa shape index (κ2) is 5.78. The van der Waals surface area contributed by atoms with Crippen LogP contribution in [0.5, 0.6) is 0 Å². The summed E-state index contributed by atoms with van der Waals surface area (Å²) >= 11 is 0.792. The summed E-state index contributed by atoms with van der Waals surface area (Å²) < 4.78 is 44.2. The maximum Gasteiger partial charge on any atom is 0.358 e. The fourth-order valence-corrected chi connectivity index (χ4v) is 3.86. The highest BCUT2D eigenvalue weighted by atomic mass is 32.2. The molecule has 0 aliphatic rings. The third-order valence-electron chi connectivity index (χ3n) is 2.59. The lowest BCUT2D eigenvalue weighted by Crippen LogP contribution is -2.16. The Balaban J connectivity index is 2.39. The molecule has 9 heteroatoms. The van der Waals surface area contributed by atoms with E-state index >= 15 is 0 Å². The van der Waals surface area contributed by atoms with Crippen molar-refractivity contribution in [2.45, 2.75) is 11.1 Å². The van der Waals surface area contributed by atoms with Crippen LogP contribution >= 0.6 is 11.3 Å². The zero-order chi connectivity index (χ0) is 15.6. The van der Waals surface area contributed by atoms with Crippen molar-refractivity contribution >= 4 is 33.0 Å². The number of ether oxygens (including phenoxy) is 1. The third-order valence-corrected chi connectivity index (χ3v) is 5.33. The van der Waals surface area contributed by atoms with Crippen molar-refractivity contribution in [1.82, 2.24) is 4.98 Å². The zero-order valence-corrected chi connectivity index (χ0v) is 12.7. The van der Waals surface area contributed by atoms with E-state index in [0.717, 1.165) is 24.5 Å². The van der Waals surface area contributed by atoms with E-state index in [4.69, 9.17) is 0 Å². The van der Waals surface area contributed by atoms with E-state index in [-0.39, 0.29) is 15.6 Å². The van der Waals surface area contributed by atoms with Crippen molar-refractivity contribution in [2.75, 3.05) is 11.8 Å². The molecule has 1 aromatic carbocycles. The van der Waals surface area contributed by atoms with Crippen LogP contribution < -0.4 is 4.72 Å². The van der Waals surface area contributed by atoms with Gasteiger partial charge in [-0.3, -0.25) is 4.72 Å². The van der Waals surface area contributed by atoms with Crippen molar-refractivity contribution in [3.8, 4) is 0 Å². The van der Waals surface area contributed by atoms with Crippen LogP contribution in [0.2, 0.25) is 0 Å². The average molecular weight is 330 g/mol. The maximum atomic E-state index is 13.0. The van der Waals surface area contributed by atoms with E-state index < -0.39 is 21.8 Å². The van der Waals surface area contributed by atoms with Crippen LogP contribution in [-0.4, -0.2) is 26.5 Å². The minimum absolute atomic E-state index is 0.223. The van der Waals surface area contributed by atoms with Crippen molar-refractivity contribution in [2.24, 2.45) is 0 Å². The number of thiazole rings is 1. The van der Waals surface area contributed by atoms with Gasteiger partial charge in [0.1, 0.15) is 5.82 Å². The third kappa shape index (κ3) is 3.19. The summed E-state index contributed by atoms with van der Waals surface area (Å²) in [5, 5.41) is 0. The molecule has 112 valence electrons. The fraction of sp³-hybridized carbons (Fsp3) is 0.167. The molecule has 0 saturated carbocycles. The minimum Gasteiger partial charge on any atom is -0.464 e. The predicted molar refractivity (Wildman–Crippen MR) is 75.4 cm³/mol. The quantitative estimate of drug-likeness (QED) is 0.869. The lowest BCUT2D eigenvalue weighted by Gasteiger charge is -2.09. The molecule has 0 spiro atoms. The van der Waals surface area contributed by atoms with Gasteiger partial charge < -0.3 is 4.74 Å². The number of esters is 1. The topological polar surface area (TPSA) is 85.4 Å². The molecule has 2 aromatic rings. The highest BCUT2D eigenvalue weighted by molar-refractivity contribution is 7.94. The molecular weight excluding hydrogens is 319 g/mol. The average Bonchev–Trinajstić information content (AvgIpc) is 2.91. The number of aromatic nitrogens is 1. The number of sulfonamides is 1. The van der Waals surface area contributed by atoms with Crippen molar-refractivity contribution in [1.29, 1.82) is 0 Å². The number of benzene rings is 1. The van der Waals surface area contributed by atoms with Crippen molar-refractivity contribution in [3.05, 3.63) is 40.8 Å². The first kappa shape index (κ1) is 15.4. The Morgan fingerprint density at radius 1 is 1.43 bits per heavy atom. The number of methoxy groups -OCH3 is 1. The molecule has 0 fully saturated rings. The number of rotatable bonds is 4. The number of hydrogen-bond donors (Lipinski definition) is 1. The molecule has 0 aliphatic carbocycles. The number of anilines is 1. The molecule has 0 unspecified atom stereocenters. The van der Waals surface area contributed by atoms with E-state index in [2.05, 4.69) is 14.4 Å². The molecule has 1 aromatic heterocycles. The fourth-order valence-electron chi connectivity index (χ4n) is 1.59. The highest BCUT2D eigenvalue weighted by Gasteiger charge is 2.27. The van der Waals surface area contributed by atoms with Crippen LogP contribution in [0.15, 0.2) is 27.9 Å². The Bertz CT molecular complexity index is 786. The number of carbonyl (C=O) groups is 1. The van der Waals surface area contributed by atoms with E-state index in [1.54, 1.807) is 6.92 Å². The first-order valence-corrected chi connectivity index (χ1v) is 8.02. The van der Waals surface area contributed by atoms with Gasteiger partial charge in [-0.05, 0) is 30.7 Å². The van der Waals surface area contributed by atoms with Crippen LogP contribution in [0.3, 0.4) is 0 Å². The zero-order valence-electron chi connectivity index (χ0n) is 11.1. The van der Waals surface area contributed by atoms with E-state index in [0.29, 0.717) is 5.56 Å². The largest absolute Gasteiger partial charge is 0.464 e. The Kier molecular flexibility index (Phi) is 4.24. The molecule has 0 bridgehead atoms. The van der Waals surface area contributed by atoms with Crippen molar-refractivity contribution in [3.63, 3.8) is 0 Å². The molecule has 0 saturated heterocycles. The number of aryl methyl sites for hydroxylation is 1. The summed E-state index contributed by atoms with van der Waals surface area (Å²) in [6.45, 7) is 1.56. The normalized spacial score (nSPS) is 11.2. The SMILES string of the molecule is COC(=O)c1ncsc1S(=O)(=O)Nc1ccc(F)cc1C. The van der Waals surface area contributed by atoms with Gasteiger partial charge in [-0.2, -0.15) is 0 Å². The Morgan fingerprint density at radius 2 is 2.14 bits per heavy atom. The van der Waals surface area contributed by atoms with Gasteiger partial charge in [-0.15, -0.1) is 11.3 Å². The van der Waals surface area contributed by atoms with Gasteiger partial charge in [0.05, 0.1) is 18.3 Å². The summed E-state index contributed by atoms with van der Waals surface area (Å²) in [5.74, 6) is -1.31. The van der Waals surface area contributed by atoms with Crippen LogP contribution in [0.1, 0.15) is 16.1 Å². The van der Waals surface area contributed by atoms with E-state index in [1.165, 1.54) is 17.6 Å². The smallest absolute Gasteiger partial charge is 0.358 e. The van der Waals surface area contributed by atoms with Gasteiger partial charge in [-0.1, -0.05) is 0 Å². The van der Waals surface area contributed by atoms with E-state index in [9.17, 15) is 17.6 Å². The molecule has 0 amide bonds. The van der Waals surface area contributed by atoms with Crippen molar-refractivity contribution < 1.29 is 22.3 Å². The monoisotopic (exact) mass is 330 g/mol. The first-order valence-electron chi connectivity index (χ1n) is 5.66. The molecule has 2 rings (SSSR count). The number of halogens is 1. The summed E-state index contributed by atoms with van der Waals surface area (Å²) in [5.41, 5.74) is 1.59. The molecule has 6 nitrogen and oxygen atoms in total. The Morgan fingerprint density at radius 3 is 2.76 bits per heavy atom. The molecule has 21 heavy (non-hydrogen) atoms. The first-order chi connectivity index (χ1) is 9.85. The molecule has 0 aliphatic heterocycles. The standard InChI is InChI=1S/C12H11FN2O4S2/c1-7-5-8(13)3-4-9(7)15-21(17,18)12-10(11(16)19-2)14-6-20-12/h3-6,15H,1-2H3. The minimum atomic E-state index is -4.01. The summed E-state index contributed by atoms with van der Waals surface area (Å²) in [6, 6.07) is 3.64. The van der Waals surface area contributed by atoms with Gasteiger partial charge in [0.2, 0.25) is 0 Å². The molecule has 1 N–H and O–H groups in total. The van der Waals surface area contributed by atoms with Gasteiger partial charge in [0.15, 0.2) is 9.90 Å². The highest BCUT2D eigenvalue weighted by Crippen LogP contribution is 2.25. The van der Waals surface area contributed by atoms with Crippen LogP contribution in [-0.2, 0) is 14.8 Å². The molecule has 1 heterocycles. The van der Waals surface area contributed by atoms with Gasteiger partial charge >= 0.3 is 5.97 Å². The lowest BCUT2D eigenvalue weighted by molar-refractivity contribution is 0.0590. The van der Waals surface area contributed by atoms with Gasteiger partial charge in [0.25, 0.3) is 10.0 Å². The number of nitrogens with one attached hydrogen (secondary N) is 1. The number of nitrogens with zero attached hydrogens (tertiary/aromatic N) is 1. The maximum absolute atomic E-state index is 13.0. The summed E-state index contributed by atoms with van der Waals surface area (Å²) in [6.07, 6.45) is 0. The van der Waals surface area contributed by atoms with E-state index in [1.807, 2.05) is 0 Å². The number of carbonyl (C=O) groups excluding carboxylic acids is 1. The Labute approximate surface area is 124 Å². The molecular formula is C12H11FN2O4S2. The molecule has 0 atom stereocenters. The number of hydrogen-bond acceptors (Lipinski definition) is 6. The summed E-state index contributed by atoms with van der Waals surface area (Å²) in [7, 11) is -2.87. The second-order valence-corrected chi connectivity index (χ2v) is 6.78.